The van der Waals surface area contributed by atoms with Crippen molar-refractivity contribution in [2.75, 3.05) is 7.05 Å². The summed E-state index contributed by atoms with van der Waals surface area (Å²) >= 11 is 0. The molecule has 1 heterocycles. The van der Waals surface area contributed by atoms with Gasteiger partial charge in [-0.25, -0.2) is 0 Å². The van der Waals surface area contributed by atoms with Gasteiger partial charge in [-0.1, -0.05) is 24.3 Å². The van der Waals surface area contributed by atoms with E-state index in [4.69, 9.17) is 4.42 Å². The number of benzene rings is 2. The van der Waals surface area contributed by atoms with Crippen LogP contribution in [-0.2, 0) is 23.9 Å². The van der Waals surface area contributed by atoms with Gasteiger partial charge in [0.1, 0.15) is 5.58 Å². The lowest BCUT2D eigenvalue weighted by atomic mass is 10.1. The van der Waals surface area contributed by atoms with Crippen molar-refractivity contribution in [3.63, 3.8) is 0 Å². The van der Waals surface area contributed by atoms with E-state index in [-0.39, 0.29) is 18.9 Å². The van der Waals surface area contributed by atoms with Gasteiger partial charge in [-0.05, 0) is 36.2 Å². The van der Waals surface area contributed by atoms with Crippen LogP contribution in [0.5, 0.6) is 0 Å². The van der Waals surface area contributed by atoms with Gasteiger partial charge < -0.3 is 9.32 Å². The molecule has 3 aromatic rings. The molecule has 0 radical (unpaired) electrons. The second kappa shape index (κ2) is 6.86. The number of aryl methyl sites for hydroxylation is 1. The average molecular weight is 361 g/mol. The van der Waals surface area contributed by atoms with Gasteiger partial charge in [0.05, 0.1) is 18.2 Å². The van der Waals surface area contributed by atoms with Crippen LogP contribution in [0.4, 0.5) is 13.2 Å². The highest BCUT2D eigenvalue weighted by Crippen LogP contribution is 2.29. The molecule has 1 amide bonds. The maximum absolute atomic E-state index is 12.6. The summed E-state index contributed by atoms with van der Waals surface area (Å²) in [6, 6.07) is 10.6. The molecule has 136 valence electrons. The molecule has 0 aliphatic rings. The lowest BCUT2D eigenvalue weighted by molar-refractivity contribution is -0.137. The first-order valence-corrected chi connectivity index (χ1v) is 8.11. The fraction of sp³-hybridized carbons (Fsp3) is 0.250. The lowest BCUT2D eigenvalue weighted by Gasteiger charge is -2.17. The first kappa shape index (κ1) is 18.0. The van der Waals surface area contributed by atoms with Crippen molar-refractivity contribution in [1.82, 2.24) is 4.90 Å². The highest BCUT2D eigenvalue weighted by atomic mass is 19.4. The van der Waals surface area contributed by atoms with Crippen LogP contribution in [0.15, 0.2) is 53.1 Å². The van der Waals surface area contributed by atoms with E-state index in [1.54, 1.807) is 13.3 Å². The SMILES string of the molecule is Cc1ccc2c(CC(=O)N(C)Cc3ccc(C(F)(F)F)cc3)coc2c1. The number of likely N-dealkylation sites (N-methyl/N-ethyl adjacent to an activating group) is 1. The predicted octanol–water partition coefficient (Wildman–Crippen LogP) is 4.96. The summed E-state index contributed by atoms with van der Waals surface area (Å²) in [6.07, 6.45) is -2.61. The summed E-state index contributed by atoms with van der Waals surface area (Å²) in [5.74, 6) is -0.131. The summed E-state index contributed by atoms with van der Waals surface area (Å²) in [7, 11) is 1.63. The Balaban J connectivity index is 1.67. The molecule has 6 heteroatoms. The van der Waals surface area contributed by atoms with Crippen LogP contribution in [0.1, 0.15) is 22.3 Å². The smallest absolute Gasteiger partial charge is 0.416 e. The summed E-state index contributed by atoms with van der Waals surface area (Å²) in [4.78, 5) is 14.0. The molecular weight excluding hydrogens is 343 g/mol. The second-order valence-corrected chi connectivity index (χ2v) is 6.38. The number of alkyl halides is 3. The van der Waals surface area contributed by atoms with Gasteiger partial charge in [0.15, 0.2) is 0 Å². The zero-order valence-corrected chi connectivity index (χ0v) is 14.4. The molecule has 0 fully saturated rings. The standard InChI is InChI=1S/C20H18F3NO2/c1-13-3-8-17-15(12-26-18(17)9-13)10-19(25)24(2)11-14-4-6-16(7-5-14)20(21,22)23/h3-9,12H,10-11H2,1-2H3. The molecule has 0 spiro atoms. The zero-order chi connectivity index (χ0) is 18.9. The van der Waals surface area contributed by atoms with E-state index in [1.807, 2.05) is 25.1 Å². The van der Waals surface area contributed by atoms with Crippen LogP contribution >= 0.6 is 0 Å². The molecule has 1 aromatic heterocycles. The Morgan fingerprint density at radius 3 is 2.46 bits per heavy atom. The Hall–Kier alpha value is -2.76. The predicted molar refractivity (Wildman–Crippen MR) is 92.6 cm³/mol. The van der Waals surface area contributed by atoms with Gasteiger partial charge in [-0.2, -0.15) is 13.2 Å². The first-order chi connectivity index (χ1) is 12.2. The summed E-state index contributed by atoms with van der Waals surface area (Å²) in [5.41, 5.74) is 2.54. The van der Waals surface area contributed by atoms with Crippen LogP contribution in [0.2, 0.25) is 0 Å². The minimum atomic E-state index is -4.36. The number of fused-ring (bicyclic) bond motifs is 1. The van der Waals surface area contributed by atoms with Crippen LogP contribution in [0, 0.1) is 6.92 Å². The molecule has 0 aliphatic heterocycles. The van der Waals surface area contributed by atoms with E-state index in [2.05, 4.69) is 0 Å². The lowest BCUT2D eigenvalue weighted by Crippen LogP contribution is -2.27. The number of halogens is 3. The maximum Gasteiger partial charge on any atom is 0.416 e. The average Bonchev–Trinajstić information content (AvgIpc) is 2.96. The van der Waals surface area contributed by atoms with Crippen molar-refractivity contribution >= 4 is 16.9 Å². The van der Waals surface area contributed by atoms with E-state index in [0.717, 1.165) is 34.2 Å². The van der Waals surface area contributed by atoms with E-state index in [1.165, 1.54) is 17.0 Å². The first-order valence-electron chi connectivity index (χ1n) is 8.11. The molecule has 0 saturated heterocycles. The molecule has 2 aromatic carbocycles. The normalized spacial score (nSPS) is 11.7. The molecule has 3 nitrogen and oxygen atoms in total. The molecule has 0 atom stereocenters. The van der Waals surface area contributed by atoms with E-state index < -0.39 is 11.7 Å². The quantitative estimate of drug-likeness (QED) is 0.658. The number of amides is 1. The van der Waals surface area contributed by atoms with Crippen LogP contribution in [-0.4, -0.2) is 17.9 Å². The number of carbonyl (C=O) groups excluding carboxylic acids is 1. The van der Waals surface area contributed by atoms with Crippen LogP contribution in [0.3, 0.4) is 0 Å². The van der Waals surface area contributed by atoms with Crippen LogP contribution < -0.4 is 0 Å². The van der Waals surface area contributed by atoms with Crippen molar-refractivity contribution in [2.24, 2.45) is 0 Å². The van der Waals surface area contributed by atoms with Crippen molar-refractivity contribution in [1.29, 1.82) is 0 Å². The van der Waals surface area contributed by atoms with Gasteiger partial charge in [-0.3, -0.25) is 4.79 Å². The number of hydrogen-bond acceptors (Lipinski definition) is 2. The molecule has 0 aliphatic carbocycles. The molecule has 26 heavy (non-hydrogen) atoms. The Morgan fingerprint density at radius 2 is 1.81 bits per heavy atom. The molecule has 0 bridgehead atoms. The summed E-state index contributed by atoms with van der Waals surface area (Å²) < 4.78 is 43.3. The third kappa shape index (κ3) is 3.90. The Bertz CT molecular complexity index is 926. The number of carbonyl (C=O) groups is 1. The topological polar surface area (TPSA) is 33.5 Å². The van der Waals surface area contributed by atoms with Crippen molar-refractivity contribution in [3.8, 4) is 0 Å². The van der Waals surface area contributed by atoms with E-state index in [9.17, 15) is 18.0 Å². The molecule has 3 rings (SSSR count). The molecule has 0 unspecified atom stereocenters. The number of nitrogens with zero attached hydrogens (tertiary/aromatic N) is 1. The number of furan rings is 1. The monoisotopic (exact) mass is 361 g/mol. The van der Waals surface area contributed by atoms with Crippen molar-refractivity contribution in [3.05, 3.63) is 71.0 Å². The third-order valence-corrected chi connectivity index (χ3v) is 4.28. The third-order valence-electron chi connectivity index (χ3n) is 4.28. The highest BCUT2D eigenvalue weighted by molar-refractivity contribution is 5.87. The minimum absolute atomic E-state index is 0.131. The fourth-order valence-electron chi connectivity index (χ4n) is 2.79. The summed E-state index contributed by atoms with van der Waals surface area (Å²) in [6.45, 7) is 2.20. The molecule has 0 saturated carbocycles. The largest absolute Gasteiger partial charge is 0.464 e. The van der Waals surface area contributed by atoms with E-state index >= 15 is 0 Å². The number of hydrogen-bond donors (Lipinski definition) is 0. The van der Waals surface area contributed by atoms with Gasteiger partial charge >= 0.3 is 6.18 Å². The van der Waals surface area contributed by atoms with Crippen molar-refractivity contribution < 1.29 is 22.4 Å². The van der Waals surface area contributed by atoms with E-state index in [0.29, 0.717) is 5.56 Å². The van der Waals surface area contributed by atoms with Gasteiger partial charge in [0.25, 0.3) is 0 Å². The molecule has 0 N–H and O–H groups in total. The Morgan fingerprint density at radius 1 is 1.12 bits per heavy atom. The Labute approximate surface area is 149 Å². The number of rotatable bonds is 4. The highest BCUT2D eigenvalue weighted by Gasteiger charge is 2.30. The van der Waals surface area contributed by atoms with Crippen LogP contribution in [0.25, 0.3) is 11.0 Å². The fourth-order valence-corrected chi connectivity index (χ4v) is 2.79. The zero-order valence-electron chi connectivity index (χ0n) is 14.4. The van der Waals surface area contributed by atoms with Gasteiger partial charge in [0.2, 0.25) is 5.91 Å². The minimum Gasteiger partial charge on any atom is -0.464 e. The van der Waals surface area contributed by atoms with Gasteiger partial charge in [-0.15, -0.1) is 0 Å². The van der Waals surface area contributed by atoms with Gasteiger partial charge in [0, 0.05) is 24.5 Å². The second-order valence-electron chi connectivity index (χ2n) is 6.38. The summed E-state index contributed by atoms with van der Waals surface area (Å²) in [5, 5.41) is 0.895. The maximum atomic E-state index is 12.6. The van der Waals surface area contributed by atoms with Crippen molar-refractivity contribution in [2.45, 2.75) is 26.1 Å². The Kier molecular flexibility index (Phi) is 4.76. The molecular formula is C20H18F3NO2.